The zero-order valence-electron chi connectivity index (χ0n) is 11.4. The third-order valence-corrected chi connectivity index (χ3v) is 3.38. The van der Waals surface area contributed by atoms with E-state index >= 15 is 0 Å². The number of rotatable bonds is 4. The second-order valence-electron chi connectivity index (χ2n) is 5.19. The first-order chi connectivity index (χ1) is 9.08. The van der Waals surface area contributed by atoms with Crippen molar-refractivity contribution in [3.8, 4) is 0 Å². The Bertz CT molecular complexity index is 440. The van der Waals surface area contributed by atoms with Crippen molar-refractivity contribution in [1.29, 1.82) is 0 Å². The molecule has 19 heavy (non-hydrogen) atoms. The highest BCUT2D eigenvalue weighted by atomic mass is 16.3. The summed E-state index contributed by atoms with van der Waals surface area (Å²) < 4.78 is 5.27. The quantitative estimate of drug-likeness (QED) is 0.888. The predicted octanol–water partition coefficient (Wildman–Crippen LogP) is 1.20. The lowest BCUT2D eigenvalue weighted by Crippen LogP contribution is -2.48. The van der Waals surface area contributed by atoms with Gasteiger partial charge in [-0.05, 0) is 18.1 Å². The molecular formula is C14H20N2O3. The van der Waals surface area contributed by atoms with Crippen molar-refractivity contribution in [1.82, 2.24) is 10.2 Å². The van der Waals surface area contributed by atoms with Crippen LogP contribution in [0.5, 0.6) is 0 Å². The fourth-order valence-corrected chi connectivity index (χ4v) is 2.22. The molecule has 1 unspecified atom stereocenters. The van der Waals surface area contributed by atoms with Gasteiger partial charge in [-0.3, -0.25) is 9.59 Å². The molecule has 1 aromatic heterocycles. The Kier molecular flexibility index (Phi) is 4.24. The second kappa shape index (κ2) is 5.91. The first-order valence-corrected chi connectivity index (χ1v) is 6.68. The van der Waals surface area contributed by atoms with Crippen LogP contribution in [-0.4, -0.2) is 35.8 Å². The van der Waals surface area contributed by atoms with Crippen molar-refractivity contribution in [3.63, 3.8) is 0 Å². The second-order valence-corrected chi connectivity index (χ2v) is 5.19. The van der Waals surface area contributed by atoms with E-state index in [0.29, 0.717) is 25.9 Å². The highest BCUT2D eigenvalue weighted by Crippen LogP contribution is 2.12. The minimum Gasteiger partial charge on any atom is -0.469 e. The Morgan fingerprint density at radius 3 is 2.89 bits per heavy atom. The number of nitrogens with zero attached hydrogens (tertiary/aromatic N) is 1. The van der Waals surface area contributed by atoms with Crippen molar-refractivity contribution in [2.45, 2.75) is 32.7 Å². The summed E-state index contributed by atoms with van der Waals surface area (Å²) in [4.78, 5) is 25.7. The van der Waals surface area contributed by atoms with Crippen LogP contribution >= 0.6 is 0 Å². The Hall–Kier alpha value is -1.78. The van der Waals surface area contributed by atoms with Gasteiger partial charge >= 0.3 is 0 Å². The van der Waals surface area contributed by atoms with E-state index in [1.54, 1.807) is 11.2 Å². The number of hydrogen-bond acceptors (Lipinski definition) is 3. The molecule has 0 bridgehead atoms. The maximum absolute atomic E-state index is 12.4. The standard InChI is InChI=1S/C14H20N2O3/c1-10(2)13-14(18)16(8-6-12(17)15-13)7-5-11-4-3-9-19-11/h3-4,9-10,13H,5-8H2,1-2H3,(H,15,17). The third-order valence-electron chi connectivity index (χ3n) is 3.38. The molecule has 1 aromatic rings. The molecular weight excluding hydrogens is 244 g/mol. The predicted molar refractivity (Wildman–Crippen MR) is 70.4 cm³/mol. The average Bonchev–Trinajstić information content (AvgIpc) is 2.83. The van der Waals surface area contributed by atoms with Crippen LogP contribution < -0.4 is 5.32 Å². The maximum atomic E-state index is 12.4. The van der Waals surface area contributed by atoms with Gasteiger partial charge in [0.25, 0.3) is 0 Å². The molecule has 2 heterocycles. The SMILES string of the molecule is CC(C)C1NC(=O)CCN(CCc2ccco2)C1=O. The van der Waals surface area contributed by atoms with Gasteiger partial charge in [0.15, 0.2) is 0 Å². The van der Waals surface area contributed by atoms with E-state index in [9.17, 15) is 9.59 Å². The van der Waals surface area contributed by atoms with Crippen molar-refractivity contribution < 1.29 is 14.0 Å². The Morgan fingerprint density at radius 2 is 2.26 bits per heavy atom. The van der Waals surface area contributed by atoms with Crippen molar-refractivity contribution in [2.24, 2.45) is 5.92 Å². The van der Waals surface area contributed by atoms with Crippen LogP contribution in [0.2, 0.25) is 0 Å². The minimum atomic E-state index is -0.411. The van der Waals surface area contributed by atoms with Crippen LogP contribution in [0.1, 0.15) is 26.0 Å². The molecule has 1 fully saturated rings. The smallest absolute Gasteiger partial charge is 0.245 e. The number of nitrogens with one attached hydrogen (secondary N) is 1. The summed E-state index contributed by atoms with van der Waals surface area (Å²) in [5, 5.41) is 2.80. The molecule has 2 rings (SSSR count). The molecule has 0 aliphatic carbocycles. The average molecular weight is 264 g/mol. The molecule has 0 aromatic carbocycles. The van der Waals surface area contributed by atoms with Gasteiger partial charge in [0, 0.05) is 25.9 Å². The fraction of sp³-hybridized carbons (Fsp3) is 0.571. The summed E-state index contributed by atoms with van der Waals surface area (Å²) >= 11 is 0. The zero-order chi connectivity index (χ0) is 13.8. The number of hydrogen-bond donors (Lipinski definition) is 1. The molecule has 0 spiro atoms. The van der Waals surface area contributed by atoms with Crippen LogP contribution in [0.3, 0.4) is 0 Å². The fourth-order valence-electron chi connectivity index (χ4n) is 2.22. The van der Waals surface area contributed by atoms with E-state index in [1.165, 1.54) is 0 Å². The van der Waals surface area contributed by atoms with Gasteiger partial charge in [-0.15, -0.1) is 0 Å². The minimum absolute atomic E-state index is 0.00686. The van der Waals surface area contributed by atoms with Gasteiger partial charge in [-0.2, -0.15) is 0 Å². The lowest BCUT2D eigenvalue weighted by atomic mass is 10.0. The van der Waals surface area contributed by atoms with Crippen LogP contribution in [0, 0.1) is 5.92 Å². The van der Waals surface area contributed by atoms with E-state index < -0.39 is 6.04 Å². The highest BCUT2D eigenvalue weighted by molar-refractivity contribution is 5.90. The molecule has 1 saturated heterocycles. The monoisotopic (exact) mass is 264 g/mol. The summed E-state index contributed by atoms with van der Waals surface area (Å²) in [6.45, 7) is 4.96. The number of amides is 2. The Morgan fingerprint density at radius 1 is 1.47 bits per heavy atom. The summed E-state index contributed by atoms with van der Waals surface area (Å²) in [6.07, 6.45) is 2.67. The molecule has 0 saturated carbocycles. The van der Waals surface area contributed by atoms with Gasteiger partial charge in [-0.1, -0.05) is 13.8 Å². The lowest BCUT2D eigenvalue weighted by molar-refractivity contribution is -0.134. The van der Waals surface area contributed by atoms with Crippen LogP contribution in [-0.2, 0) is 16.0 Å². The number of carbonyl (C=O) groups excluding carboxylic acids is 2. The van der Waals surface area contributed by atoms with Crippen LogP contribution in [0.15, 0.2) is 22.8 Å². The van der Waals surface area contributed by atoms with Crippen molar-refractivity contribution in [2.75, 3.05) is 13.1 Å². The molecule has 2 amide bonds. The Balaban J connectivity index is 2.01. The van der Waals surface area contributed by atoms with Gasteiger partial charge in [0.05, 0.1) is 6.26 Å². The molecule has 1 aliphatic heterocycles. The van der Waals surface area contributed by atoms with Crippen LogP contribution in [0.4, 0.5) is 0 Å². The van der Waals surface area contributed by atoms with Crippen molar-refractivity contribution in [3.05, 3.63) is 24.2 Å². The van der Waals surface area contributed by atoms with Gasteiger partial charge in [0.1, 0.15) is 11.8 Å². The van der Waals surface area contributed by atoms with E-state index in [1.807, 2.05) is 26.0 Å². The highest BCUT2D eigenvalue weighted by Gasteiger charge is 2.31. The molecule has 5 heteroatoms. The van der Waals surface area contributed by atoms with Gasteiger partial charge in [0.2, 0.25) is 11.8 Å². The summed E-state index contributed by atoms with van der Waals surface area (Å²) in [5.41, 5.74) is 0. The molecule has 0 radical (unpaired) electrons. The summed E-state index contributed by atoms with van der Waals surface area (Å²) in [7, 11) is 0. The first kappa shape index (κ1) is 13.6. The first-order valence-electron chi connectivity index (χ1n) is 6.68. The van der Waals surface area contributed by atoms with Gasteiger partial charge in [-0.25, -0.2) is 0 Å². The molecule has 1 N–H and O–H groups in total. The topological polar surface area (TPSA) is 62.6 Å². The van der Waals surface area contributed by atoms with E-state index in [4.69, 9.17) is 4.42 Å². The van der Waals surface area contributed by atoms with E-state index in [-0.39, 0.29) is 17.7 Å². The summed E-state index contributed by atoms with van der Waals surface area (Å²) in [6, 6.07) is 3.32. The number of furan rings is 1. The van der Waals surface area contributed by atoms with Gasteiger partial charge < -0.3 is 14.6 Å². The normalized spacial score (nSPS) is 20.6. The largest absolute Gasteiger partial charge is 0.469 e. The molecule has 104 valence electrons. The Labute approximate surface area is 113 Å². The third kappa shape index (κ3) is 3.36. The zero-order valence-corrected chi connectivity index (χ0v) is 11.4. The number of carbonyl (C=O) groups is 2. The van der Waals surface area contributed by atoms with E-state index in [0.717, 1.165) is 5.76 Å². The molecule has 1 aliphatic rings. The molecule has 1 atom stereocenters. The summed E-state index contributed by atoms with van der Waals surface area (Å²) in [5.74, 6) is 0.915. The lowest BCUT2D eigenvalue weighted by Gasteiger charge is -2.25. The molecule has 5 nitrogen and oxygen atoms in total. The van der Waals surface area contributed by atoms with Crippen LogP contribution in [0.25, 0.3) is 0 Å². The van der Waals surface area contributed by atoms with E-state index in [2.05, 4.69) is 5.32 Å². The maximum Gasteiger partial charge on any atom is 0.245 e. The van der Waals surface area contributed by atoms with Crippen molar-refractivity contribution >= 4 is 11.8 Å².